The van der Waals surface area contributed by atoms with Gasteiger partial charge in [0.1, 0.15) is 5.82 Å². The van der Waals surface area contributed by atoms with Gasteiger partial charge in [-0.25, -0.2) is 4.39 Å². The van der Waals surface area contributed by atoms with E-state index in [0.717, 1.165) is 0 Å². The first-order chi connectivity index (χ1) is 7.42. The van der Waals surface area contributed by atoms with Crippen molar-refractivity contribution < 1.29 is 17.6 Å². The summed E-state index contributed by atoms with van der Waals surface area (Å²) in [5.74, 6) is -0.394. The number of hydrogen-bond donors (Lipinski definition) is 1. The molecule has 16 heavy (non-hydrogen) atoms. The van der Waals surface area contributed by atoms with Crippen molar-refractivity contribution in [2.24, 2.45) is 0 Å². The standard InChI is InChI=1S/C11H13F4N/c1-2-10(16-7-11(13,14)15)8-3-5-9(12)6-4-8/h3-6,10,16H,2,7H2,1H3. The number of rotatable bonds is 4. The highest BCUT2D eigenvalue weighted by Crippen LogP contribution is 2.20. The molecule has 0 amide bonds. The van der Waals surface area contributed by atoms with Crippen LogP contribution in [0.5, 0.6) is 0 Å². The van der Waals surface area contributed by atoms with Crippen molar-refractivity contribution in [3.05, 3.63) is 35.6 Å². The molecule has 1 unspecified atom stereocenters. The minimum atomic E-state index is -4.23. The Morgan fingerprint density at radius 1 is 1.19 bits per heavy atom. The smallest absolute Gasteiger partial charge is 0.302 e. The molecule has 1 aromatic rings. The summed E-state index contributed by atoms with van der Waals surface area (Å²) in [5.41, 5.74) is 0.660. The zero-order chi connectivity index (χ0) is 12.2. The summed E-state index contributed by atoms with van der Waals surface area (Å²) in [7, 11) is 0. The quantitative estimate of drug-likeness (QED) is 0.788. The minimum absolute atomic E-state index is 0.394. The zero-order valence-electron chi connectivity index (χ0n) is 8.81. The predicted molar refractivity (Wildman–Crippen MR) is 53.5 cm³/mol. The van der Waals surface area contributed by atoms with Gasteiger partial charge in [-0.15, -0.1) is 0 Å². The van der Waals surface area contributed by atoms with Crippen LogP contribution in [-0.2, 0) is 0 Å². The monoisotopic (exact) mass is 235 g/mol. The first kappa shape index (κ1) is 13.0. The third kappa shape index (κ3) is 4.18. The Hall–Kier alpha value is -1.10. The number of nitrogens with one attached hydrogen (secondary N) is 1. The van der Waals surface area contributed by atoms with Crippen LogP contribution in [0.15, 0.2) is 24.3 Å². The molecule has 0 aliphatic carbocycles. The normalized spacial score (nSPS) is 13.8. The second-order valence-electron chi connectivity index (χ2n) is 3.51. The van der Waals surface area contributed by atoms with Crippen LogP contribution in [0.4, 0.5) is 17.6 Å². The van der Waals surface area contributed by atoms with Crippen LogP contribution in [0.1, 0.15) is 24.9 Å². The lowest BCUT2D eigenvalue weighted by molar-refractivity contribution is -0.126. The Bertz CT molecular complexity index is 318. The summed E-state index contributed by atoms with van der Waals surface area (Å²) in [5, 5.41) is 2.40. The van der Waals surface area contributed by atoms with Gasteiger partial charge in [-0.05, 0) is 24.1 Å². The molecule has 0 aliphatic rings. The predicted octanol–water partition coefficient (Wildman–Crippen LogP) is 3.43. The topological polar surface area (TPSA) is 12.0 Å². The Morgan fingerprint density at radius 3 is 2.19 bits per heavy atom. The molecule has 0 aliphatic heterocycles. The average molecular weight is 235 g/mol. The summed E-state index contributed by atoms with van der Waals surface area (Å²) in [4.78, 5) is 0. The highest BCUT2D eigenvalue weighted by Gasteiger charge is 2.27. The van der Waals surface area contributed by atoms with Gasteiger partial charge in [-0.2, -0.15) is 13.2 Å². The van der Waals surface area contributed by atoms with Crippen LogP contribution in [-0.4, -0.2) is 12.7 Å². The van der Waals surface area contributed by atoms with Gasteiger partial charge < -0.3 is 5.32 Å². The van der Waals surface area contributed by atoms with Gasteiger partial charge in [0.2, 0.25) is 0 Å². The Morgan fingerprint density at radius 2 is 1.75 bits per heavy atom. The van der Waals surface area contributed by atoms with E-state index in [2.05, 4.69) is 5.32 Å². The lowest BCUT2D eigenvalue weighted by Crippen LogP contribution is -2.31. The molecule has 1 rings (SSSR count). The van der Waals surface area contributed by atoms with Gasteiger partial charge in [0.25, 0.3) is 0 Å². The molecule has 5 heteroatoms. The van der Waals surface area contributed by atoms with Crippen LogP contribution in [0, 0.1) is 5.82 Å². The SMILES string of the molecule is CCC(NCC(F)(F)F)c1ccc(F)cc1. The maximum atomic E-state index is 12.6. The van der Waals surface area contributed by atoms with Gasteiger partial charge in [0.15, 0.2) is 0 Å². The van der Waals surface area contributed by atoms with Crippen LogP contribution in [0.3, 0.4) is 0 Å². The third-order valence-electron chi connectivity index (χ3n) is 2.23. The van der Waals surface area contributed by atoms with E-state index in [1.165, 1.54) is 24.3 Å². The van der Waals surface area contributed by atoms with Crippen LogP contribution in [0.2, 0.25) is 0 Å². The lowest BCUT2D eigenvalue weighted by Gasteiger charge is -2.18. The van der Waals surface area contributed by atoms with Crippen molar-refractivity contribution in [3.8, 4) is 0 Å². The van der Waals surface area contributed by atoms with Gasteiger partial charge in [-0.1, -0.05) is 19.1 Å². The number of alkyl halides is 3. The molecule has 0 saturated carbocycles. The van der Waals surface area contributed by atoms with Gasteiger partial charge >= 0.3 is 6.18 Å². The van der Waals surface area contributed by atoms with E-state index in [0.29, 0.717) is 12.0 Å². The van der Waals surface area contributed by atoms with Crippen LogP contribution < -0.4 is 5.32 Å². The minimum Gasteiger partial charge on any atom is -0.302 e. The fourth-order valence-electron chi connectivity index (χ4n) is 1.43. The molecular formula is C11H13F4N. The highest BCUT2D eigenvalue weighted by atomic mass is 19.4. The molecule has 0 fully saturated rings. The Labute approximate surface area is 91.5 Å². The second-order valence-corrected chi connectivity index (χ2v) is 3.51. The van der Waals surface area contributed by atoms with Crippen molar-refractivity contribution in [1.29, 1.82) is 0 Å². The van der Waals surface area contributed by atoms with Gasteiger partial charge in [0.05, 0.1) is 6.54 Å². The maximum absolute atomic E-state index is 12.6. The Kier molecular flexibility index (Phi) is 4.29. The zero-order valence-corrected chi connectivity index (χ0v) is 8.81. The van der Waals surface area contributed by atoms with E-state index >= 15 is 0 Å². The van der Waals surface area contributed by atoms with Gasteiger partial charge in [-0.3, -0.25) is 0 Å². The summed E-state index contributed by atoms with van der Waals surface area (Å²) < 4.78 is 48.7. The molecule has 0 aromatic heterocycles. The highest BCUT2D eigenvalue weighted by molar-refractivity contribution is 5.19. The van der Waals surface area contributed by atoms with E-state index in [4.69, 9.17) is 0 Å². The first-order valence-electron chi connectivity index (χ1n) is 4.98. The number of halogens is 4. The third-order valence-corrected chi connectivity index (χ3v) is 2.23. The van der Waals surface area contributed by atoms with E-state index in [1.807, 2.05) is 0 Å². The number of benzene rings is 1. The molecular weight excluding hydrogens is 222 g/mol. The van der Waals surface area contributed by atoms with Crippen molar-refractivity contribution in [2.75, 3.05) is 6.54 Å². The molecule has 0 bridgehead atoms. The molecule has 1 N–H and O–H groups in total. The summed E-state index contributed by atoms with van der Waals surface area (Å²) >= 11 is 0. The van der Waals surface area contributed by atoms with E-state index in [1.54, 1.807) is 6.92 Å². The maximum Gasteiger partial charge on any atom is 0.401 e. The summed E-state index contributed by atoms with van der Waals surface area (Å²) in [6.45, 7) is 0.736. The van der Waals surface area contributed by atoms with E-state index in [-0.39, 0.29) is 0 Å². The van der Waals surface area contributed by atoms with Crippen molar-refractivity contribution in [3.63, 3.8) is 0 Å². The molecule has 0 heterocycles. The molecule has 1 nitrogen and oxygen atoms in total. The fraction of sp³-hybridized carbons (Fsp3) is 0.455. The fourth-order valence-corrected chi connectivity index (χ4v) is 1.43. The Balaban J connectivity index is 2.64. The van der Waals surface area contributed by atoms with Gasteiger partial charge in [0, 0.05) is 6.04 Å². The van der Waals surface area contributed by atoms with Crippen molar-refractivity contribution in [1.82, 2.24) is 5.32 Å². The summed E-state index contributed by atoms with van der Waals surface area (Å²) in [6.07, 6.45) is -3.71. The molecule has 1 aromatic carbocycles. The molecule has 90 valence electrons. The van der Waals surface area contributed by atoms with Crippen molar-refractivity contribution >= 4 is 0 Å². The van der Waals surface area contributed by atoms with Crippen LogP contribution >= 0.6 is 0 Å². The first-order valence-corrected chi connectivity index (χ1v) is 4.98. The van der Waals surface area contributed by atoms with Crippen LogP contribution in [0.25, 0.3) is 0 Å². The average Bonchev–Trinajstić information content (AvgIpc) is 2.20. The molecule has 1 atom stereocenters. The van der Waals surface area contributed by atoms with E-state index < -0.39 is 24.6 Å². The van der Waals surface area contributed by atoms with Crippen molar-refractivity contribution in [2.45, 2.75) is 25.6 Å². The largest absolute Gasteiger partial charge is 0.401 e. The second kappa shape index (κ2) is 5.30. The molecule has 0 radical (unpaired) electrons. The number of hydrogen-bond acceptors (Lipinski definition) is 1. The summed E-state index contributed by atoms with van der Waals surface area (Å²) in [6, 6.07) is 5.07. The van der Waals surface area contributed by atoms with E-state index in [9.17, 15) is 17.6 Å². The lowest BCUT2D eigenvalue weighted by atomic mass is 10.0. The molecule has 0 spiro atoms. The molecule has 0 saturated heterocycles.